The standard InChI is InChI=1S/C9H5F4NO2S/c10-6-3-1-2-4-7(6)17(15,16)8(5-14)9(11,12)13/h1-4,8H. The van der Waals surface area contributed by atoms with E-state index in [2.05, 4.69) is 0 Å². The molecule has 1 unspecified atom stereocenters. The number of hydrogen-bond acceptors (Lipinski definition) is 3. The number of alkyl halides is 3. The zero-order valence-corrected chi connectivity index (χ0v) is 8.89. The Hall–Kier alpha value is -1.62. The third kappa shape index (κ3) is 2.55. The van der Waals surface area contributed by atoms with E-state index in [0.717, 1.165) is 12.1 Å². The Kier molecular flexibility index (Phi) is 3.43. The van der Waals surface area contributed by atoms with E-state index >= 15 is 0 Å². The first kappa shape index (κ1) is 13.4. The van der Waals surface area contributed by atoms with Crippen LogP contribution in [0.5, 0.6) is 0 Å². The van der Waals surface area contributed by atoms with Crippen LogP contribution < -0.4 is 0 Å². The van der Waals surface area contributed by atoms with Gasteiger partial charge in [0.25, 0.3) is 0 Å². The summed E-state index contributed by atoms with van der Waals surface area (Å²) in [6.07, 6.45) is -5.27. The van der Waals surface area contributed by atoms with Crippen LogP contribution in [0.3, 0.4) is 0 Å². The monoisotopic (exact) mass is 267 g/mol. The van der Waals surface area contributed by atoms with Crippen LogP contribution in [0.15, 0.2) is 29.2 Å². The van der Waals surface area contributed by atoms with Crippen LogP contribution in [0.1, 0.15) is 0 Å². The van der Waals surface area contributed by atoms with E-state index in [1.54, 1.807) is 0 Å². The molecule has 0 fully saturated rings. The molecule has 0 N–H and O–H groups in total. The molecule has 92 valence electrons. The van der Waals surface area contributed by atoms with Crippen molar-refractivity contribution in [2.24, 2.45) is 0 Å². The van der Waals surface area contributed by atoms with Gasteiger partial charge in [0.1, 0.15) is 10.7 Å². The Bertz CT molecular complexity index is 559. The van der Waals surface area contributed by atoms with Crippen molar-refractivity contribution in [3.8, 4) is 6.07 Å². The molecule has 0 aliphatic carbocycles. The molecule has 0 radical (unpaired) electrons. The maximum atomic E-state index is 13.1. The summed E-state index contributed by atoms with van der Waals surface area (Å²) in [5, 5.41) is 5.01. The first-order valence-corrected chi connectivity index (χ1v) is 5.70. The van der Waals surface area contributed by atoms with Gasteiger partial charge in [-0.15, -0.1) is 0 Å². The first-order valence-electron chi connectivity index (χ1n) is 4.16. The molecule has 0 saturated heterocycles. The fourth-order valence-corrected chi connectivity index (χ4v) is 2.47. The predicted molar refractivity (Wildman–Crippen MR) is 49.0 cm³/mol. The van der Waals surface area contributed by atoms with Crippen LogP contribution in [0, 0.1) is 17.1 Å². The average Bonchev–Trinajstić information content (AvgIpc) is 2.16. The minimum Gasteiger partial charge on any atom is -0.222 e. The molecule has 8 heteroatoms. The van der Waals surface area contributed by atoms with Gasteiger partial charge in [-0.25, -0.2) is 12.8 Å². The summed E-state index contributed by atoms with van der Waals surface area (Å²) in [5.74, 6) is -1.32. The van der Waals surface area contributed by atoms with Gasteiger partial charge in [0.2, 0.25) is 15.1 Å². The number of halogens is 4. The van der Waals surface area contributed by atoms with E-state index in [1.165, 1.54) is 0 Å². The third-order valence-corrected chi connectivity index (χ3v) is 3.81. The highest BCUT2D eigenvalue weighted by Crippen LogP contribution is 2.30. The van der Waals surface area contributed by atoms with Gasteiger partial charge in [0, 0.05) is 0 Å². The molecule has 17 heavy (non-hydrogen) atoms. The summed E-state index contributed by atoms with van der Waals surface area (Å²) in [6, 6.07) is 4.21. The summed E-state index contributed by atoms with van der Waals surface area (Å²) in [5.41, 5.74) is 0. The molecule has 0 saturated carbocycles. The van der Waals surface area contributed by atoms with Crippen molar-refractivity contribution in [3.05, 3.63) is 30.1 Å². The molecule has 3 nitrogen and oxygen atoms in total. The summed E-state index contributed by atoms with van der Waals surface area (Å²) in [6.45, 7) is 0. The number of benzene rings is 1. The summed E-state index contributed by atoms with van der Waals surface area (Å²) in [7, 11) is -5.10. The zero-order valence-electron chi connectivity index (χ0n) is 8.07. The lowest BCUT2D eigenvalue weighted by atomic mass is 10.3. The molecule has 1 aromatic carbocycles. The maximum Gasteiger partial charge on any atom is 0.418 e. The summed E-state index contributed by atoms with van der Waals surface area (Å²) < 4.78 is 72.9. The molecule has 1 atom stereocenters. The van der Waals surface area contributed by atoms with Gasteiger partial charge in [-0.2, -0.15) is 18.4 Å². The zero-order chi connectivity index (χ0) is 13.3. The fraction of sp³-hybridized carbons (Fsp3) is 0.222. The van der Waals surface area contributed by atoms with Gasteiger partial charge in [0.15, 0.2) is 0 Å². The van der Waals surface area contributed by atoms with Crippen LogP contribution in [0.2, 0.25) is 0 Å². The Labute approximate surface area is 94.2 Å². The van der Waals surface area contributed by atoms with Gasteiger partial charge in [-0.05, 0) is 12.1 Å². The van der Waals surface area contributed by atoms with Crippen LogP contribution >= 0.6 is 0 Å². The van der Waals surface area contributed by atoms with Gasteiger partial charge in [-0.1, -0.05) is 12.1 Å². The van der Waals surface area contributed by atoms with Gasteiger partial charge < -0.3 is 0 Å². The van der Waals surface area contributed by atoms with E-state index in [9.17, 15) is 26.0 Å². The number of nitrogens with zero attached hydrogens (tertiary/aromatic N) is 1. The maximum absolute atomic E-state index is 13.1. The molecule has 0 bridgehead atoms. The van der Waals surface area contributed by atoms with Crippen molar-refractivity contribution in [2.45, 2.75) is 16.3 Å². The largest absolute Gasteiger partial charge is 0.418 e. The minimum atomic E-state index is -5.27. The van der Waals surface area contributed by atoms with Crippen LogP contribution in [0.25, 0.3) is 0 Å². The smallest absolute Gasteiger partial charge is 0.222 e. The Morgan fingerprint density at radius 2 is 1.76 bits per heavy atom. The van der Waals surface area contributed by atoms with Crippen molar-refractivity contribution in [3.63, 3.8) is 0 Å². The normalized spacial score (nSPS) is 14.1. The van der Waals surface area contributed by atoms with Crippen molar-refractivity contribution in [1.29, 1.82) is 5.26 Å². The molecular formula is C9H5F4NO2S. The van der Waals surface area contributed by atoms with E-state index in [4.69, 9.17) is 5.26 Å². The quantitative estimate of drug-likeness (QED) is 0.770. The highest BCUT2D eigenvalue weighted by molar-refractivity contribution is 7.92. The Balaban J connectivity index is 3.40. The molecular weight excluding hydrogens is 262 g/mol. The van der Waals surface area contributed by atoms with E-state index in [0.29, 0.717) is 18.2 Å². The lowest BCUT2D eigenvalue weighted by Crippen LogP contribution is -2.35. The second-order valence-electron chi connectivity index (χ2n) is 3.03. The number of nitriles is 1. The number of rotatable bonds is 2. The fourth-order valence-electron chi connectivity index (χ4n) is 1.12. The second-order valence-corrected chi connectivity index (χ2v) is 5.03. The Morgan fingerprint density at radius 1 is 1.24 bits per heavy atom. The predicted octanol–water partition coefficient (Wildman–Crippen LogP) is 2.05. The SMILES string of the molecule is N#CC(C(F)(F)F)S(=O)(=O)c1ccccc1F. The van der Waals surface area contributed by atoms with E-state index < -0.39 is 32.0 Å². The second kappa shape index (κ2) is 4.33. The summed E-state index contributed by atoms with van der Waals surface area (Å²) in [4.78, 5) is -1.14. The third-order valence-electron chi connectivity index (χ3n) is 1.87. The average molecular weight is 267 g/mol. The topological polar surface area (TPSA) is 57.9 Å². The van der Waals surface area contributed by atoms with Crippen molar-refractivity contribution >= 4 is 9.84 Å². The highest BCUT2D eigenvalue weighted by atomic mass is 32.2. The van der Waals surface area contributed by atoms with Gasteiger partial charge >= 0.3 is 6.18 Å². The van der Waals surface area contributed by atoms with Crippen molar-refractivity contribution < 1.29 is 26.0 Å². The van der Waals surface area contributed by atoms with Crippen LogP contribution in [-0.4, -0.2) is 19.8 Å². The molecule has 0 heterocycles. The molecule has 0 spiro atoms. The summed E-state index contributed by atoms with van der Waals surface area (Å²) >= 11 is 0. The van der Waals surface area contributed by atoms with E-state index in [-0.39, 0.29) is 0 Å². The number of hydrogen-bond donors (Lipinski definition) is 0. The minimum absolute atomic E-state index is 0.628. The molecule has 0 aliphatic heterocycles. The molecule has 0 amide bonds. The van der Waals surface area contributed by atoms with Crippen molar-refractivity contribution in [1.82, 2.24) is 0 Å². The highest BCUT2D eigenvalue weighted by Gasteiger charge is 2.50. The van der Waals surface area contributed by atoms with Gasteiger partial charge in [-0.3, -0.25) is 0 Å². The molecule has 0 aliphatic rings. The van der Waals surface area contributed by atoms with E-state index in [1.807, 2.05) is 0 Å². The van der Waals surface area contributed by atoms with Gasteiger partial charge in [0.05, 0.1) is 6.07 Å². The lowest BCUT2D eigenvalue weighted by Gasteiger charge is -2.14. The van der Waals surface area contributed by atoms with Crippen LogP contribution in [0.4, 0.5) is 17.6 Å². The lowest BCUT2D eigenvalue weighted by molar-refractivity contribution is -0.120. The first-order chi connectivity index (χ1) is 7.71. The number of sulfone groups is 1. The molecule has 0 aromatic heterocycles. The molecule has 1 rings (SSSR count). The molecule has 1 aromatic rings. The van der Waals surface area contributed by atoms with Crippen LogP contribution in [-0.2, 0) is 9.84 Å². The van der Waals surface area contributed by atoms with Crippen molar-refractivity contribution in [2.75, 3.05) is 0 Å². The Morgan fingerprint density at radius 3 is 2.18 bits per heavy atom.